The first-order valence-corrected chi connectivity index (χ1v) is 7.52. The number of carbonyl (C=O) groups excluding carboxylic acids is 1. The van der Waals surface area contributed by atoms with Crippen LogP contribution in [0.5, 0.6) is 11.5 Å². The lowest BCUT2D eigenvalue weighted by atomic mass is 9.96. The highest BCUT2D eigenvalue weighted by atomic mass is 16.5. The lowest BCUT2D eigenvalue weighted by Crippen LogP contribution is -2.40. The Bertz CT molecular complexity index is 477. The minimum atomic E-state index is -0.129. The Labute approximate surface area is 126 Å². The molecular formula is C16H24N2O3. The predicted molar refractivity (Wildman–Crippen MR) is 81.9 cm³/mol. The second-order valence-electron chi connectivity index (χ2n) is 5.23. The standard InChI is InChI=1S/C16H24N2O3/c1-3-6-17-7-8-18-16(19)13-9-12-10-14(20-2)4-5-15(12)21-11-13/h4-5,10,13,17H,3,6-9,11H2,1-2H3,(H,18,19). The topological polar surface area (TPSA) is 59.6 Å². The van der Waals surface area contributed by atoms with Gasteiger partial charge in [-0.1, -0.05) is 6.92 Å². The van der Waals surface area contributed by atoms with Crippen molar-refractivity contribution < 1.29 is 14.3 Å². The van der Waals surface area contributed by atoms with Crippen LogP contribution in [0.15, 0.2) is 18.2 Å². The SMILES string of the molecule is CCCNCCNC(=O)C1COc2ccc(OC)cc2C1. The van der Waals surface area contributed by atoms with E-state index in [9.17, 15) is 4.79 Å². The Morgan fingerprint density at radius 3 is 3.00 bits per heavy atom. The Hall–Kier alpha value is -1.75. The summed E-state index contributed by atoms with van der Waals surface area (Å²) in [6.45, 7) is 5.00. The minimum Gasteiger partial charge on any atom is -0.497 e. The fraction of sp³-hybridized carbons (Fsp3) is 0.562. The molecule has 5 nitrogen and oxygen atoms in total. The number of hydrogen-bond acceptors (Lipinski definition) is 4. The summed E-state index contributed by atoms with van der Waals surface area (Å²) in [5.41, 5.74) is 1.03. The fourth-order valence-electron chi connectivity index (χ4n) is 2.39. The Kier molecular flexibility index (Phi) is 5.87. The van der Waals surface area contributed by atoms with Crippen LogP contribution >= 0.6 is 0 Å². The molecule has 0 spiro atoms. The number of ether oxygens (including phenoxy) is 2. The van der Waals surface area contributed by atoms with Crippen LogP contribution in [0.4, 0.5) is 0 Å². The van der Waals surface area contributed by atoms with E-state index in [1.54, 1.807) is 7.11 Å². The molecule has 1 heterocycles. The zero-order valence-corrected chi connectivity index (χ0v) is 12.8. The third kappa shape index (κ3) is 4.36. The number of nitrogens with one attached hydrogen (secondary N) is 2. The summed E-state index contributed by atoms with van der Waals surface area (Å²) in [6, 6.07) is 5.72. The maximum atomic E-state index is 12.1. The number of rotatable bonds is 7. The van der Waals surface area contributed by atoms with Crippen molar-refractivity contribution in [3.63, 3.8) is 0 Å². The van der Waals surface area contributed by atoms with Crippen LogP contribution < -0.4 is 20.1 Å². The van der Waals surface area contributed by atoms with Gasteiger partial charge in [0.15, 0.2) is 0 Å². The fourth-order valence-corrected chi connectivity index (χ4v) is 2.39. The van der Waals surface area contributed by atoms with E-state index in [0.717, 1.165) is 36.6 Å². The number of amides is 1. The van der Waals surface area contributed by atoms with Crippen LogP contribution in [0.25, 0.3) is 0 Å². The largest absolute Gasteiger partial charge is 0.497 e. The highest BCUT2D eigenvalue weighted by Gasteiger charge is 2.26. The van der Waals surface area contributed by atoms with Crippen LogP contribution in [-0.4, -0.2) is 39.3 Å². The normalized spacial score (nSPS) is 16.8. The van der Waals surface area contributed by atoms with Crippen LogP contribution in [0.1, 0.15) is 18.9 Å². The molecule has 0 bridgehead atoms. The van der Waals surface area contributed by atoms with E-state index in [1.165, 1.54) is 0 Å². The molecule has 2 N–H and O–H groups in total. The summed E-state index contributed by atoms with van der Waals surface area (Å²) in [4.78, 5) is 12.1. The van der Waals surface area contributed by atoms with E-state index in [2.05, 4.69) is 17.6 Å². The highest BCUT2D eigenvalue weighted by molar-refractivity contribution is 5.79. The maximum Gasteiger partial charge on any atom is 0.226 e. The molecule has 0 saturated carbocycles. The molecule has 1 aliphatic heterocycles. The van der Waals surface area contributed by atoms with E-state index in [1.807, 2.05) is 18.2 Å². The molecule has 21 heavy (non-hydrogen) atoms. The van der Waals surface area contributed by atoms with Crippen molar-refractivity contribution in [2.75, 3.05) is 33.4 Å². The quantitative estimate of drug-likeness (QED) is 0.745. The number of fused-ring (bicyclic) bond motifs is 1. The van der Waals surface area contributed by atoms with E-state index in [0.29, 0.717) is 19.6 Å². The monoisotopic (exact) mass is 292 g/mol. The van der Waals surface area contributed by atoms with Gasteiger partial charge < -0.3 is 20.1 Å². The van der Waals surface area contributed by atoms with Crippen molar-refractivity contribution in [2.24, 2.45) is 5.92 Å². The molecular weight excluding hydrogens is 268 g/mol. The molecule has 0 aromatic heterocycles. The van der Waals surface area contributed by atoms with Gasteiger partial charge in [0, 0.05) is 13.1 Å². The van der Waals surface area contributed by atoms with Crippen molar-refractivity contribution in [1.29, 1.82) is 0 Å². The van der Waals surface area contributed by atoms with E-state index in [4.69, 9.17) is 9.47 Å². The summed E-state index contributed by atoms with van der Waals surface area (Å²) in [5, 5.41) is 6.22. The van der Waals surface area contributed by atoms with Gasteiger partial charge in [-0.15, -0.1) is 0 Å². The van der Waals surface area contributed by atoms with Gasteiger partial charge in [-0.25, -0.2) is 0 Å². The second kappa shape index (κ2) is 7.88. The third-order valence-corrected chi connectivity index (χ3v) is 3.57. The van der Waals surface area contributed by atoms with Gasteiger partial charge >= 0.3 is 0 Å². The van der Waals surface area contributed by atoms with E-state index in [-0.39, 0.29) is 11.8 Å². The first kappa shape index (κ1) is 15.6. The van der Waals surface area contributed by atoms with Crippen LogP contribution in [0.3, 0.4) is 0 Å². The van der Waals surface area contributed by atoms with Gasteiger partial charge in [0.1, 0.15) is 18.1 Å². The van der Waals surface area contributed by atoms with Crippen molar-refractivity contribution >= 4 is 5.91 Å². The first-order chi connectivity index (χ1) is 10.2. The molecule has 5 heteroatoms. The lowest BCUT2D eigenvalue weighted by molar-refractivity contribution is -0.126. The molecule has 1 atom stereocenters. The van der Waals surface area contributed by atoms with Gasteiger partial charge in [-0.05, 0) is 43.1 Å². The number of methoxy groups -OCH3 is 1. The Morgan fingerprint density at radius 1 is 1.38 bits per heavy atom. The third-order valence-electron chi connectivity index (χ3n) is 3.57. The number of carbonyl (C=O) groups is 1. The first-order valence-electron chi connectivity index (χ1n) is 7.52. The van der Waals surface area contributed by atoms with Crippen LogP contribution in [0, 0.1) is 5.92 Å². The molecule has 116 valence electrons. The second-order valence-corrected chi connectivity index (χ2v) is 5.23. The molecule has 0 aliphatic carbocycles. The summed E-state index contributed by atoms with van der Waals surface area (Å²) < 4.78 is 10.9. The van der Waals surface area contributed by atoms with Gasteiger partial charge in [-0.2, -0.15) is 0 Å². The summed E-state index contributed by atoms with van der Waals surface area (Å²) in [7, 11) is 1.64. The smallest absolute Gasteiger partial charge is 0.226 e. The van der Waals surface area contributed by atoms with Crippen LogP contribution in [0.2, 0.25) is 0 Å². The molecule has 1 aliphatic rings. The van der Waals surface area contributed by atoms with Crippen molar-refractivity contribution in [3.05, 3.63) is 23.8 Å². The molecule has 1 unspecified atom stereocenters. The molecule has 1 aromatic carbocycles. The van der Waals surface area contributed by atoms with E-state index >= 15 is 0 Å². The van der Waals surface area contributed by atoms with Crippen molar-refractivity contribution in [1.82, 2.24) is 10.6 Å². The highest BCUT2D eigenvalue weighted by Crippen LogP contribution is 2.30. The van der Waals surface area contributed by atoms with Crippen molar-refractivity contribution in [2.45, 2.75) is 19.8 Å². The van der Waals surface area contributed by atoms with Gasteiger partial charge in [0.2, 0.25) is 5.91 Å². The van der Waals surface area contributed by atoms with E-state index < -0.39 is 0 Å². The van der Waals surface area contributed by atoms with Gasteiger partial charge in [-0.3, -0.25) is 4.79 Å². The average Bonchev–Trinajstić information content (AvgIpc) is 2.53. The van der Waals surface area contributed by atoms with Crippen molar-refractivity contribution in [3.8, 4) is 11.5 Å². The van der Waals surface area contributed by atoms with Gasteiger partial charge in [0.05, 0.1) is 13.0 Å². The molecule has 1 amide bonds. The summed E-state index contributed by atoms with van der Waals surface area (Å²) in [6.07, 6.45) is 1.80. The Balaban J connectivity index is 1.84. The molecule has 1 aromatic rings. The molecule has 0 saturated heterocycles. The molecule has 2 rings (SSSR count). The number of hydrogen-bond donors (Lipinski definition) is 2. The average molecular weight is 292 g/mol. The molecule has 0 radical (unpaired) electrons. The minimum absolute atomic E-state index is 0.0572. The lowest BCUT2D eigenvalue weighted by Gasteiger charge is -2.25. The zero-order chi connectivity index (χ0) is 15.1. The summed E-state index contributed by atoms with van der Waals surface area (Å²) in [5.74, 6) is 1.57. The number of benzene rings is 1. The Morgan fingerprint density at radius 2 is 2.24 bits per heavy atom. The van der Waals surface area contributed by atoms with Crippen LogP contribution in [-0.2, 0) is 11.2 Å². The van der Waals surface area contributed by atoms with Gasteiger partial charge in [0.25, 0.3) is 0 Å². The zero-order valence-electron chi connectivity index (χ0n) is 12.8. The molecule has 0 fully saturated rings. The predicted octanol–water partition coefficient (Wildman–Crippen LogP) is 1.36. The summed E-state index contributed by atoms with van der Waals surface area (Å²) >= 11 is 0. The maximum absolute atomic E-state index is 12.1.